The number of thiophene rings is 1. The van der Waals surface area contributed by atoms with Gasteiger partial charge in [-0.15, -0.1) is 11.3 Å². The summed E-state index contributed by atoms with van der Waals surface area (Å²) in [6.07, 6.45) is 3.00. The van der Waals surface area contributed by atoms with Gasteiger partial charge in [-0.25, -0.2) is 0 Å². The van der Waals surface area contributed by atoms with Crippen LogP contribution in [0.1, 0.15) is 21.0 Å². The average Bonchev–Trinajstić information content (AvgIpc) is 3.48. The standard InChI is InChI=1S/C25H19ClN2O3S/c1-16-4-5-17(15-21(16)26)22-12-10-20(31-22)11-13-24(29)27-18-6-8-19(9-7-18)28-25(30)23-3-2-14-32-23/h2-15H,1H3,(H,27,29)(H,28,30). The molecule has 5 nitrogen and oxygen atoms in total. The molecule has 0 fully saturated rings. The van der Waals surface area contributed by atoms with Gasteiger partial charge in [0.15, 0.2) is 0 Å². The number of nitrogens with one attached hydrogen (secondary N) is 2. The second-order valence-corrected chi connectivity index (χ2v) is 8.35. The molecule has 4 rings (SSSR count). The Labute approximate surface area is 194 Å². The fourth-order valence-electron chi connectivity index (χ4n) is 2.92. The molecule has 0 radical (unpaired) electrons. The van der Waals surface area contributed by atoms with E-state index in [0.29, 0.717) is 32.8 Å². The fourth-order valence-corrected chi connectivity index (χ4v) is 3.72. The van der Waals surface area contributed by atoms with Gasteiger partial charge in [-0.3, -0.25) is 9.59 Å². The fraction of sp³-hybridized carbons (Fsp3) is 0.0400. The summed E-state index contributed by atoms with van der Waals surface area (Å²) in [4.78, 5) is 25.0. The van der Waals surface area contributed by atoms with Crippen molar-refractivity contribution in [3.8, 4) is 11.3 Å². The van der Waals surface area contributed by atoms with Gasteiger partial charge in [-0.05, 0) is 72.5 Å². The maximum atomic E-state index is 12.2. The molecule has 4 aromatic rings. The first-order valence-corrected chi connectivity index (χ1v) is 11.0. The Kier molecular flexibility index (Phi) is 6.54. The van der Waals surface area contributed by atoms with Gasteiger partial charge in [0.1, 0.15) is 11.5 Å². The molecule has 2 aromatic carbocycles. The van der Waals surface area contributed by atoms with E-state index >= 15 is 0 Å². The van der Waals surface area contributed by atoms with Crippen molar-refractivity contribution >= 4 is 52.2 Å². The van der Waals surface area contributed by atoms with E-state index in [4.69, 9.17) is 16.0 Å². The molecule has 0 aliphatic rings. The summed E-state index contributed by atoms with van der Waals surface area (Å²) in [5.74, 6) is 0.771. The van der Waals surface area contributed by atoms with Gasteiger partial charge in [0.25, 0.3) is 5.91 Å². The molecule has 0 aliphatic carbocycles. The average molecular weight is 463 g/mol. The Morgan fingerprint density at radius 2 is 1.72 bits per heavy atom. The van der Waals surface area contributed by atoms with Gasteiger partial charge in [0, 0.05) is 28.0 Å². The van der Waals surface area contributed by atoms with E-state index in [1.54, 1.807) is 42.5 Å². The normalized spacial score (nSPS) is 10.9. The zero-order valence-electron chi connectivity index (χ0n) is 17.1. The maximum Gasteiger partial charge on any atom is 0.265 e. The summed E-state index contributed by atoms with van der Waals surface area (Å²) in [5, 5.41) is 8.12. The molecule has 0 unspecified atom stereocenters. The molecule has 2 heterocycles. The molecule has 0 atom stereocenters. The van der Waals surface area contributed by atoms with Crippen molar-refractivity contribution in [1.29, 1.82) is 0 Å². The number of carbonyl (C=O) groups is 2. The van der Waals surface area contributed by atoms with Gasteiger partial charge in [-0.1, -0.05) is 29.8 Å². The summed E-state index contributed by atoms with van der Waals surface area (Å²) < 4.78 is 5.78. The Bertz CT molecular complexity index is 1280. The van der Waals surface area contributed by atoms with Crippen LogP contribution in [0.2, 0.25) is 5.02 Å². The molecule has 2 amide bonds. The van der Waals surface area contributed by atoms with Crippen LogP contribution >= 0.6 is 22.9 Å². The van der Waals surface area contributed by atoms with Gasteiger partial charge in [0.2, 0.25) is 5.91 Å². The van der Waals surface area contributed by atoms with Crippen LogP contribution in [0.25, 0.3) is 17.4 Å². The molecule has 0 saturated heterocycles. The molecular formula is C25H19ClN2O3S. The largest absolute Gasteiger partial charge is 0.457 e. The van der Waals surface area contributed by atoms with Crippen LogP contribution in [0, 0.1) is 6.92 Å². The molecule has 32 heavy (non-hydrogen) atoms. The maximum absolute atomic E-state index is 12.2. The topological polar surface area (TPSA) is 71.3 Å². The number of benzene rings is 2. The zero-order chi connectivity index (χ0) is 22.5. The number of aryl methyl sites for hydroxylation is 1. The third-order valence-corrected chi connectivity index (χ3v) is 5.91. The highest BCUT2D eigenvalue weighted by Crippen LogP contribution is 2.27. The number of hydrogen-bond donors (Lipinski definition) is 2. The monoisotopic (exact) mass is 462 g/mol. The lowest BCUT2D eigenvalue weighted by Gasteiger charge is -2.06. The first-order valence-electron chi connectivity index (χ1n) is 9.78. The van der Waals surface area contributed by atoms with Crippen LogP contribution in [-0.2, 0) is 4.79 Å². The number of carbonyl (C=O) groups excluding carboxylic acids is 2. The van der Waals surface area contributed by atoms with Crippen molar-refractivity contribution in [2.45, 2.75) is 6.92 Å². The van der Waals surface area contributed by atoms with E-state index in [-0.39, 0.29) is 11.8 Å². The number of amides is 2. The minimum Gasteiger partial charge on any atom is -0.457 e. The van der Waals surface area contributed by atoms with Crippen molar-refractivity contribution in [1.82, 2.24) is 0 Å². The third-order valence-electron chi connectivity index (χ3n) is 4.64. The molecule has 0 saturated carbocycles. The quantitative estimate of drug-likeness (QED) is 0.307. The zero-order valence-corrected chi connectivity index (χ0v) is 18.7. The summed E-state index contributed by atoms with van der Waals surface area (Å²) in [6.45, 7) is 1.94. The lowest BCUT2D eigenvalue weighted by atomic mass is 10.1. The predicted molar refractivity (Wildman–Crippen MR) is 130 cm³/mol. The number of hydrogen-bond acceptors (Lipinski definition) is 4. The highest BCUT2D eigenvalue weighted by molar-refractivity contribution is 7.12. The number of anilines is 2. The lowest BCUT2D eigenvalue weighted by Crippen LogP contribution is -2.10. The molecule has 2 N–H and O–H groups in total. The third kappa shape index (κ3) is 5.35. The number of rotatable bonds is 6. The van der Waals surface area contributed by atoms with Gasteiger partial charge >= 0.3 is 0 Å². The minimum absolute atomic E-state index is 0.162. The van der Waals surface area contributed by atoms with Crippen molar-refractivity contribution in [3.05, 3.63) is 99.4 Å². The van der Waals surface area contributed by atoms with Crippen LogP contribution in [0.3, 0.4) is 0 Å². The second kappa shape index (κ2) is 9.68. The van der Waals surface area contributed by atoms with Gasteiger partial charge in [0.05, 0.1) is 4.88 Å². The van der Waals surface area contributed by atoms with E-state index < -0.39 is 0 Å². The number of halogens is 1. The Morgan fingerprint density at radius 3 is 2.41 bits per heavy atom. The van der Waals surface area contributed by atoms with E-state index in [0.717, 1.165) is 11.1 Å². The molecule has 160 valence electrons. The molecular weight excluding hydrogens is 444 g/mol. The summed E-state index contributed by atoms with van der Waals surface area (Å²) >= 11 is 7.56. The van der Waals surface area contributed by atoms with Crippen molar-refractivity contribution in [2.75, 3.05) is 10.6 Å². The van der Waals surface area contributed by atoms with Crippen LogP contribution in [-0.4, -0.2) is 11.8 Å². The molecule has 0 spiro atoms. The van der Waals surface area contributed by atoms with Crippen LogP contribution in [0.5, 0.6) is 0 Å². The van der Waals surface area contributed by atoms with E-state index in [1.807, 2.05) is 42.6 Å². The number of furan rings is 1. The van der Waals surface area contributed by atoms with E-state index in [1.165, 1.54) is 17.4 Å². The van der Waals surface area contributed by atoms with Gasteiger partial charge in [-0.2, -0.15) is 0 Å². The van der Waals surface area contributed by atoms with E-state index in [2.05, 4.69) is 10.6 Å². The highest BCUT2D eigenvalue weighted by atomic mass is 35.5. The predicted octanol–water partition coefficient (Wildman–Crippen LogP) is 6.87. The second-order valence-electron chi connectivity index (χ2n) is 7.00. The first kappa shape index (κ1) is 21.6. The molecule has 7 heteroatoms. The van der Waals surface area contributed by atoms with Crippen LogP contribution < -0.4 is 10.6 Å². The Hall–Kier alpha value is -3.61. The van der Waals surface area contributed by atoms with Crippen molar-refractivity contribution in [2.24, 2.45) is 0 Å². The van der Waals surface area contributed by atoms with Gasteiger partial charge < -0.3 is 15.1 Å². The van der Waals surface area contributed by atoms with Crippen LogP contribution in [0.4, 0.5) is 11.4 Å². The SMILES string of the molecule is Cc1ccc(-c2ccc(C=CC(=O)Nc3ccc(NC(=O)c4cccs4)cc3)o2)cc1Cl. The minimum atomic E-state index is -0.295. The summed E-state index contributed by atoms with van der Waals surface area (Å²) in [7, 11) is 0. The molecule has 0 bridgehead atoms. The molecule has 2 aromatic heterocycles. The highest BCUT2D eigenvalue weighted by Gasteiger charge is 2.08. The van der Waals surface area contributed by atoms with Crippen molar-refractivity contribution < 1.29 is 14.0 Å². The Balaban J connectivity index is 1.34. The first-order chi connectivity index (χ1) is 15.5. The Morgan fingerprint density at radius 1 is 0.969 bits per heavy atom. The lowest BCUT2D eigenvalue weighted by molar-refractivity contribution is -0.111. The summed E-state index contributed by atoms with van der Waals surface area (Å²) in [5.41, 5.74) is 3.13. The van der Waals surface area contributed by atoms with Crippen molar-refractivity contribution in [3.63, 3.8) is 0 Å². The van der Waals surface area contributed by atoms with Crippen LogP contribution in [0.15, 0.2) is 82.6 Å². The summed E-state index contributed by atoms with van der Waals surface area (Å²) in [6, 6.07) is 19.8. The van der Waals surface area contributed by atoms with E-state index in [9.17, 15) is 9.59 Å². The molecule has 0 aliphatic heterocycles. The smallest absolute Gasteiger partial charge is 0.265 e.